The Labute approximate surface area is 125 Å². The van der Waals surface area contributed by atoms with Gasteiger partial charge in [0.2, 0.25) is 5.91 Å². The van der Waals surface area contributed by atoms with E-state index in [2.05, 4.69) is 5.32 Å². The van der Waals surface area contributed by atoms with E-state index in [-0.39, 0.29) is 5.56 Å². The summed E-state index contributed by atoms with van der Waals surface area (Å²) in [6.07, 6.45) is 2.04. The number of carboxylic acid groups (broad SMARTS) is 2. The molecule has 1 fully saturated rings. The Morgan fingerprint density at radius 1 is 0.955 bits per heavy atom. The van der Waals surface area contributed by atoms with Crippen molar-refractivity contribution in [1.29, 1.82) is 0 Å². The number of amides is 1. The van der Waals surface area contributed by atoms with E-state index in [1.54, 1.807) is 12.2 Å². The summed E-state index contributed by atoms with van der Waals surface area (Å²) in [7, 11) is 0. The second-order valence-corrected chi connectivity index (χ2v) is 5.17. The zero-order chi connectivity index (χ0) is 15.9. The van der Waals surface area contributed by atoms with Crippen LogP contribution >= 0.6 is 0 Å². The van der Waals surface area contributed by atoms with Crippen molar-refractivity contribution in [2.24, 2.45) is 11.8 Å². The molecular weight excluding hydrogens is 290 g/mol. The van der Waals surface area contributed by atoms with Gasteiger partial charge in [0.05, 0.1) is 24.1 Å². The number of nitrogens with one attached hydrogen (secondary N) is 1. The third kappa shape index (κ3) is 2.35. The molecule has 22 heavy (non-hydrogen) atoms. The highest BCUT2D eigenvalue weighted by Gasteiger charge is 2.50. The summed E-state index contributed by atoms with van der Waals surface area (Å²) >= 11 is 0. The smallest absolute Gasteiger partial charge is 0.231 e. The molecule has 1 saturated heterocycles. The van der Waals surface area contributed by atoms with Crippen molar-refractivity contribution in [3.05, 3.63) is 42.0 Å². The van der Waals surface area contributed by atoms with Crippen LogP contribution in [0, 0.1) is 11.8 Å². The number of carbonyl (C=O) groups is 3. The maximum Gasteiger partial charge on any atom is 0.231 e. The first kappa shape index (κ1) is 14.3. The predicted octanol–water partition coefficient (Wildman–Crippen LogP) is -1.69. The van der Waals surface area contributed by atoms with Gasteiger partial charge in [0, 0.05) is 17.6 Å². The number of hydrogen-bond donors (Lipinski definition) is 1. The van der Waals surface area contributed by atoms with E-state index in [0.717, 1.165) is 0 Å². The van der Waals surface area contributed by atoms with Gasteiger partial charge in [0.15, 0.2) is 0 Å². The van der Waals surface area contributed by atoms with Gasteiger partial charge in [-0.05, 0) is 17.7 Å². The molecule has 2 aliphatic rings. The summed E-state index contributed by atoms with van der Waals surface area (Å²) in [4.78, 5) is 34.1. The van der Waals surface area contributed by atoms with Crippen molar-refractivity contribution in [2.75, 3.05) is 5.32 Å². The minimum Gasteiger partial charge on any atom is -0.550 e. The molecule has 114 valence electrons. The van der Waals surface area contributed by atoms with Crippen LogP contribution in [-0.4, -0.2) is 30.1 Å². The van der Waals surface area contributed by atoms with Crippen LogP contribution < -0.4 is 15.5 Å². The first-order valence-corrected chi connectivity index (χ1v) is 6.64. The van der Waals surface area contributed by atoms with Gasteiger partial charge in [-0.3, -0.25) is 4.79 Å². The Morgan fingerprint density at radius 3 is 2.09 bits per heavy atom. The van der Waals surface area contributed by atoms with Crippen molar-refractivity contribution in [3.8, 4) is 0 Å². The van der Waals surface area contributed by atoms with Gasteiger partial charge in [0.25, 0.3) is 0 Å². The van der Waals surface area contributed by atoms with Crippen LogP contribution in [0.5, 0.6) is 0 Å². The molecule has 0 aromatic heterocycles. The Morgan fingerprint density at radius 2 is 1.55 bits per heavy atom. The van der Waals surface area contributed by atoms with E-state index in [1.807, 2.05) is 0 Å². The van der Waals surface area contributed by atoms with E-state index >= 15 is 0 Å². The van der Waals surface area contributed by atoms with Crippen molar-refractivity contribution in [2.45, 2.75) is 12.2 Å². The number of ether oxygens (including phenoxy) is 1. The summed E-state index contributed by atoms with van der Waals surface area (Å²) < 4.78 is 5.39. The summed E-state index contributed by atoms with van der Waals surface area (Å²) in [5.74, 6) is -5.06. The zero-order valence-electron chi connectivity index (χ0n) is 11.2. The van der Waals surface area contributed by atoms with Crippen molar-refractivity contribution < 1.29 is 29.3 Å². The molecular formula is C15H11NO6-2. The topological polar surface area (TPSA) is 119 Å². The molecule has 7 heteroatoms. The van der Waals surface area contributed by atoms with Gasteiger partial charge < -0.3 is 29.9 Å². The SMILES string of the molecule is O=C([O-])c1ccc(NC(=O)[C@H]2[C@@H](C(=O)[O-])[C@H]3C=C[C@@H]2O3)cc1. The second-order valence-electron chi connectivity index (χ2n) is 5.17. The lowest BCUT2D eigenvalue weighted by atomic mass is 9.82. The Balaban J connectivity index is 1.75. The first-order chi connectivity index (χ1) is 10.5. The Hall–Kier alpha value is -2.67. The number of fused-ring (bicyclic) bond motifs is 2. The summed E-state index contributed by atoms with van der Waals surface area (Å²) in [5.41, 5.74) is 0.343. The number of carbonyl (C=O) groups excluding carboxylic acids is 3. The fraction of sp³-hybridized carbons (Fsp3) is 0.267. The minimum atomic E-state index is -1.33. The third-order valence-electron chi connectivity index (χ3n) is 3.86. The van der Waals surface area contributed by atoms with E-state index in [9.17, 15) is 24.6 Å². The van der Waals surface area contributed by atoms with Gasteiger partial charge in [-0.1, -0.05) is 24.3 Å². The fourth-order valence-corrected chi connectivity index (χ4v) is 2.82. The third-order valence-corrected chi connectivity index (χ3v) is 3.86. The molecule has 0 spiro atoms. The van der Waals surface area contributed by atoms with Crippen LogP contribution in [0.4, 0.5) is 5.69 Å². The number of anilines is 1. The lowest BCUT2D eigenvalue weighted by Crippen LogP contribution is -2.45. The number of rotatable bonds is 4. The lowest BCUT2D eigenvalue weighted by Gasteiger charge is -2.25. The largest absolute Gasteiger partial charge is 0.550 e. The summed E-state index contributed by atoms with van der Waals surface area (Å²) in [6.45, 7) is 0. The van der Waals surface area contributed by atoms with Crippen LogP contribution in [0.1, 0.15) is 10.4 Å². The highest BCUT2D eigenvalue weighted by atomic mass is 16.5. The van der Waals surface area contributed by atoms with Gasteiger partial charge >= 0.3 is 0 Å². The number of hydrogen-bond acceptors (Lipinski definition) is 6. The Bertz CT molecular complexity index is 665. The molecule has 0 unspecified atom stereocenters. The van der Waals surface area contributed by atoms with Crippen molar-refractivity contribution >= 4 is 23.5 Å². The van der Waals surface area contributed by atoms with Crippen LogP contribution in [0.2, 0.25) is 0 Å². The average molecular weight is 301 g/mol. The van der Waals surface area contributed by atoms with Crippen LogP contribution in [-0.2, 0) is 14.3 Å². The van der Waals surface area contributed by atoms with Crippen molar-refractivity contribution in [1.82, 2.24) is 0 Å². The van der Waals surface area contributed by atoms with E-state index in [0.29, 0.717) is 5.69 Å². The van der Waals surface area contributed by atoms with Gasteiger partial charge in [-0.25, -0.2) is 0 Å². The first-order valence-electron chi connectivity index (χ1n) is 6.64. The minimum absolute atomic E-state index is 0.0169. The molecule has 1 amide bonds. The molecule has 1 N–H and O–H groups in total. The lowest BCUT2D eigenvalue weighted by molar-refractivity contribution is -0.313. The zero-order valence-corrected chi connectivity index (χ0v) is 11.2. The summed E-state index contributed by atoms with van der Waals surface area (Å²) in [6, 6.07) is 5.39. The van der Waals surface area contributed by atoms with Crippen molar-refractivity contribution in [3.63, 3.8) is 0 Å². The molecule has 2 bridgehead atoms. The molecule has 0 radical (unpaired) electrons. The highest BCUT2D eigenvalue weighted by Crippen LogP contribution is 2.39. The number of benzene rings is 1. The Kier molecular flexibility index (Phi) is 3.42. The number of carboxylic acids is 2. The van der Waals surface area contributed by atoms with E-state index in [1.165, 1.54) is 24.3 Å². The molecule has 2 aliphatic heterocycles. The molecule has 7 nitrogen and oxygen atoms in total. The normalized spacial score (nSPS) is 28.5. The average Bonchev–Trinajstić information content (AvgIpc) is 3.08. The van der Waals surface area contributed by atoms with E-state index < -0.39 is 41.9 Å². The van der Waals surface area contributed by atoms with Gasteiger partial charge in [-0.15, -0.1) is 0 Å². The maximum absolute atomic E-state index is 12.3. The van der Waals surface area contributed by atoms with Crippen LogP contribution in [0.3, 0.4) is 0 Å². The standard InChI is InChI=1S/C15H13NO6/c17-13(16-8-3-1-7(2-4-8)14(18)19)11-9-5-6-10(22-9)12(11)15(20)21/h1-6,9-12H,(H,16,17)(H,18,19)(H,20,21)/p-2/t9-,10+,11+,12-/m0/s1. The van der Waals surface area contributed by atoms with Crippen LogP contribution in [0.15, 0.2) is 36.4 Å². The predicted molar refractivity (Wildman–Crippen MR) is 69.2 cm³/mol. The number of aromatic carboxylic acids is 1. The molecule has 1 aromatic rings. The van der Waals surface area contributed by atoms with E-state index in [4.69, 9.17) is 4.74 Å². The molecule has 2 heterocycles. The maximum atomic E-state index is 12.3. The monoisotopic (exact) mass is 301 g/mol. The fourth-order valence-electron chi connectivity index (χ4n) is 2.82. The second kappa shape index (κ2) is 5.27. The molecule has 0 saturated carbocycles. The quantitative estimate of drug-likeness (QED) is 0.663. The molecule has 1 aromatic carbocycles. The molecule has 4 atom stereocenters. The van der Waals surface area contributed by atoms with Gasteiger partial charge in [0.1, 0.15) is 0 Å². The number of aliphatic carboxylic acids is 1. The summed E-state index contributed by atoms with van der Waals surface area (Å²) in [5, 5.41) is 24.4. The van der Waals surface area contributed by atoms with Gasteiger partial charge in [-0.2, -0.15) is 0 Å². The van der Waals surface area contributed by atoms with Crippen LogP contribution in [0.25, 0.3) is 0 Å². The molecule has 3 rings (SSSR count). The molecule has 0 aliphatic carbocycles. The highest BCUT2D eigenvalue weighted by molar-refractivity contribution is 5.97.